The second-order valence-electron chi connectivity index (χ2n) is 5.22. The monoisotopic (exact) mass is 386 g/mol. The number of hydrogen-bond acceptors (Lipinski definition) is 5. The van der Waals surface area contributed by atoms with Gasteiger partial charge in [0.2, 0.25) is 5.91 Å². The molecule has 1 N–H and O–H groups in total. The Morgan fingerprint density at radius 3 is 2.80 bits per heavy atom. The molecule has 0 radical (unpaired) electrons. The molecule has 0 fully saturated rings. The molecule has 1 amide bonds. The highest BCUT2D eigenvalue weighted by Gasteiger charge is 2.31. The number of rotatable bonds is 5. The van der Waals surface area contributed by atoms with Crippen molar-refractivity contribution < 1.29 is 18.0 Å². The minimum absolute atomic E-state index is 0.0431. The number of thioether (sulfide) groups is 1. The minimum atomic E-state index is -4.45. The van der Waals surface area contributed by atoms with Crippen molar-refractivity contribution in [3.8, 4) is 0 Å². The van der Waals surface area contributed by atoms with E-state index in [2.05, 4.69) is 15.5 Å². The van der Waals surface area contributed by atoms with Gasteiger partial charge in [-0.15, -0.1) is 21.5 Å². The molecular weight excluding hydrogens is 373 g/mol. The van der Waals surface area contributed by atoms with Crippen LogP contribution in [-0.2, 0) is 17.5 Å². The number of nitrogens with zero attached hydrogens (tertiary/aromatic N) is 3. The Morgan fingerprint density at radius 1 is 1.32 bits per heavy atom. The zero-order valence-electron chi connectivity index (χ0n) is 13.0. The Kier molecular flexibility index (Phi) is 5.00. The van der Waals surface area contributed by atoms with Crippen LogP contribution in [0, 0.1) is 6.92 Å². The first-order valence-corrected chi connectivity index (χ1v) is 9.05. The number of aromatic nitrogens is 3. The molecule has 0 unspecified atom stereocenters. The first-order chi connectivity index (χ1) is 11.8. The van der Waals surface area contributed by atoms with E-state index in [1.54, 1.807) is 11.3 Å². The Labute approximate surface area is 149 Å². The summed E-state index contributed by atoms with van der Waals surface area (Å²) in [6.07, 6.45) is -3.51. The van der Waals surface area contributed by atoms with E-state index in [0.29, 0.717) is 12.2 Å². The highest BCUT2D eigenvalue weighted by Crippen LogP contribution is 2.30. The highest BCUT2D eigenvalue weighted by molar-refractivity contribution is 7.99. The molecule has 3 aromatic rings. The maximum Gasteiger partial charge on any atom is 0.417 e. The van der Waals surface area contributed by atoms with E-state index in [0.717, 1.165) is 34.5 Å². The molecule has 0 atom stereocenters. The van der Waals surface area contributed by atoms with E-state index in [1.807, 2.05) is 18.4 Å². The van der Waals surface area contributed by atoms with E-state index in [9.17, 15) is 18.0 Å². The second kappa shape index (κ2) is 7.04. The lowest BCUT2D eigenvalue weighted by Crippen LogP contribution is -2.24. The van der Waals surface area contributed by atoms with Crippen molar-refractivity contribution in [2.75, 3.05) is 5.75 Å². The smallest absolute Gasteiger partial charge is 0.350 e. The summed E-state index contributed by atoms with van der Waals surface area (Å²) in [7, 11) is 0. The third-order valence-electron chi connectivity index (χ3n) is 3.45. The van der Waals surface area contributed by atoms with Crippen LogP contribution in [0.2, 0.25) is 0 Å². The number of thiophene rings is 1. The molecule has 0 aliphatic carbocycles. The molecular formula is C15H13F3N4OS2. The molecule has 0 saturated heterocycles. The zero-order valence-corrected chi connectivity index (χ0v) is 14.6. The molecule has 3 rings (SSSR count). The van der Waals surface area contributed by atoms with Gasteiger partial charge in [0, 0.05) is 11.1 Å². The maximum atomic E-state index is 12.8. The molecule has 3 aromatic heterocycles. The van der Waals surface area contributed by atoms with Gasteiger partial charge in [0.05, 0.1) is 17.9 Å². The number of alkyl halides is 3. The van der Waals surface area contributed by atoms with Crippen molar-refractivity contribution >= 4 is 34.7 Å². The molecule has 10 heteroatoms. The van der Waals surface area contributed by atoms with Crippen molar-refractivity contribution in [3.05, 3.63) is 45.8 Å². The second-order valence-corrected chi connectivity index (χ2v) is 7.16. The third kappa shape index (κ3) is 4.13. The van der Waals surface area contributed by atoms with Crippen LogP contribution in [0.1, 0.15) is 16.0 Å². The van der Waals surface area contributed by atoms with E-state index in [4.69, 9.17) is 0 Å². The van der Waals surface area contributed by atoms with Crippen LogP contribution < -0.4 is 5.32 Å². The van der Waals surface area contributed by atoms with E-state index < -0.39 is 11.7 Å². The van der Waals surface area contributed by atoms with Gasteiger partial charge >= 0.3 is 6.18 Å². The predicted octanol–water partition coefficient (Wildman–Crippen LogP) is 3.53. The van der Waals surface area contributed by atoms with Gasteiger partial charge in [-0.05, 0) is 36.1 Å². The maximum absolute atomic E-state index is 12.8. The lowest BCUT2D eigenvalue weighted by Gasteiger charge is -2.07. The lowest BCUT2D eigenvalue weighted by atomic mass is 10.3. The fourth-order valence-corrected chi connectivity index (χ4v) is 3.67. The van der Waals surface area contributed by atoms with Gasteiger partial charge in [-0.1, -0.05) is 11.8 Å². The van der Waals surface area contributed by atoms with Crippen molar-refractivity contribution in [2.45, 2.75) is 24.8 Å². The van der Waals surface area contributed by atoms with Crippen molar-refractivity contribution in [1.82, 2.24) is 19.9 Å². The lowest BCUT2D eigenvalue weighted by molar-refractivity contribution is -0.137. The molecule has 0 spiro atoms. The van der Waals surface area contributed by atoms with Crippen LogP contribution >= 0.6 is 23.1 Å². The van der Waals surface area contributed by atoms with Crippen LogP contribution in [0.25, 0.3) is 5.65 Å². The number of halogens is 3. The van der Waals surface area contributed by atoms with Gasteiger partial charge < -0.3 is 5.32 Å². The summed E-state index contributed by atoms with van der Waals surface area (Å²) in [6, 6.07) is 4.18. The number of carbonyl (C=O) groups excluding carboxylic acids is 1. The summed E-state index contributed by atoms with van der Waals surface area (Å²) in [6.45, 7) is 2.40. The standard InChI is InChI=1S/C15H13F3N4OS2/c1-9-4-5-24-11(9)6-19-13(23)8-25-14-21-20-12-3-2-10(7-22(12)14)15(16,17)18/h2-5,7H,6,8H2,1H3,(H,19,23). The summed E-state index contributed by atoms with van der Waals surface area (Å²) in [5, 5.41) is 12.6. The molecule has 0 bridgehead atoms. The van der Waals surface area contributed by atoms with E-state index >= 15 is 0 Å². The van der Waals surface area contributed by atoms with Crippen LogP contribution in [0.15, 0.2) is 34.9 Å². The fourth-order valence-electron chi connectivity index (χ4n) is 2.08. The molecule has 132 valence electrons. The molecule has 0 aliphatic heterocycles. The van der Waals surface area contributed by atoms with E-state index in [-0.39, 0.29) is 16.8 Å². The van der Waals surface area contributed by atoms with Crippen LogP contribution in [0.3, 0.4) is 0 Å². The number of hydrogen-bond donors (Lipinski definition) is 1. The first-order valence-electron chi connectivity index (χ1n) is 7.19. The average Bonchev–Trinajstić information content (AvgIpc) is 3.15. The molecule has 0 aliphatic rings. The first kappa shape index (κ1) is 17.7. The minimum Gasteiger partial charge on any atom is -0.350 e. The van der Waals surface area contributed by atoms with Crippen LogP contribution in [0.4, 0.5) is 13.2 Å². The summed E-state index contributed by atoms with van der Waals surface area (Å²) < 4.78 is 39.7. The van der Waals surface area contributed by atoms with Gasteiger partial charge in [0.25, 0.3) is 0 Å². The number of amides is 1. The topological polar surface area (TPSA) is 59.3 Å². The normalized spacial score (nSPS) is 11.8. The number of fused-ring (bicyclic) bond motifs is 1. The molecule has 25 heavy (non-hydrogen) atoms. The van der Waals surface area contributed by atoms with Crippen molar-refractivity contribution in [1.29, 1.82) is 0 Å². The quantitative estimate of drug-likeness (QED) is 0.682. The molecule has 5 nitrogen and oxygen atoms in total. The van der Waals surface area contributed by atoms with Gasteiger partial charge in [-0.3, -0.25) is 9.20 Å². The number of aryl methyl sites for hydroxylation is 1. The molecule has 0 aromatic carbocycles. The van der Waals surface area contributed by atoms with Crippen molar-refractivity contribution in [2.24, 2.45) is 0 Å². The highest BCUT2D eigenvalue weighted by atomic mass is 32.2. The zero-order chi connectivity index (χ0) is 18.0. The summed E-state index contributed by atoms with van der Waals surface area (Å²) in [4.78, 5) is 13.0. The summed E-state index contributed by atoms with van der Waals surface area (Å²) >= 11 is 2.60. The van der Waals surface area contributed by atoms with Crippen LogP contribution in [0.5, 0.6) is 0 Å². The van der Waals surface area contributed by atoms with Crippen molar-refractivity contribution in [3.63, 3.8) is 0 Å². The number of pyridine rings is 1. The van der Waals surface area contributed by atoms with Gasteiger partial charge in [-0.2, -0.15) is 13.2 Å². The number of carbonyl (C=O) groups is 1. The predicted molar refractivity (Wildman–Crippen MR) is 89.6 cm³/mol. The Bertz CT molecular complexity index is 904. The largest absolute Gasteiger partial charge is 0.417 e. The Hall–Kier alpha value is -2.07. The van der Waals surface area contributed by atoms with Gasteiger partial charge in [0.1, 0.15) is 0 Å². The summed E-state index contributed by atoms with van der Waals surface area (Å²) in [5.41, 5.74) is 0.616. The average molecular weight is 386 g/mol. The van der Waals surface area contributed by atoms with Gasteiger partial charge in [0.15, 0.2) is 10.8 Å². The molecule has 0 saturated carbocycles. The Morgan fingerprint density at radius 2 is 2.12 bits per heavy atom. The number of nitrogens with one attached hydrogen (secondary N) is 1. The SMILES string of the molecule is Cc1ccsc1CNC(=O)CSc1nnc2ccc(C(F)(F)F)cn12. The molecule has 3 heterocycles. The van der Waals surface area contributed by atoms with E-state index in [1.165, 1.54) is 10.5 Å². The van der Waals surface area contributed by atoms with Gasteiger partial charge in [-0.25, -0.2) is 0 Å². The summed E-state index contributed by atoms with van der Waals surface area (Å²) in [5.74, 6) is -0.178. The fraction of sp³-hybridized carbons (Fsp3) is 0.267. The Balaban J connectivity index is 1.64. The third-order valence-corrected chi connectivity index (χ3v) is 5.41. The van der Waals surface area contributed by atoms with Crippen LogP contribution in [-0.4, -0.2) is 26.3 Å².